The van der Waals surface area contributed by atoms with Crippen molar-refractivity contribution in [2.75, 3.05) is 6.61 Å². The predicted octanol–water partition coefficient (Wildman–Crippen LogP) is 1.57. The van der Waals surface area contributed by atoms with Crippen molar-refractivity contribution in [3.63, 3.8) is 0 Å². The highest BCUT2D eigenvalue weighted by atomic mass is 16.6. The van der Waals surface area contributed by atoms with Crippen LogP contribution in [0.1, 0.15) is 52.9 Å². The van der Waals surface area contributed by atoms with E-state index in [0.29, 0.717) is 24.7 Å². The lowest BCUT2D eigenvalue weighted by Gasteiger charge is -2.63. The van der Waals surface area contributed by atoms with Crippen LogP contribution in [-0.2, 0) is 33.4 Å². The fourth-order valence-corrected chi connectivity index (χ4v) is 7.38. The summed E-state index contributed by atoms with van der Waals surface area (Å²) < 4.78 is 11.0. The molecule has 0 radical (unpaired) electrons. The number of cyclic esters (lactones) is 1. The molecule has 4 rings (SSSR count). The molecule has 4 aliphatic rings. The number of hydrogen-bond donors (Lipinski definition) is 1. The fourth-order valence-electron chi connectivity index (χ4n) is 7.38. The lowest BCUT2D eigenvalue weighted by molar-refractivity contribution is -0.244. The second-order valence-corrected chi connectivity index (χ2v) is 10.3. The highest BCUT2D eigenvalue weighted by Gasteiger charge is 2.76. The Morgan fingerprint density at radius 2 is 1.94 bits per heavy atom. The molecule has 2 spiro atoms. The zero-order chi connectivity index (χ0) is 23.6. The van der Waals surface area contributed by atoms with Crippen LogP contribution >= 0.6 is 0 Å². The van der Waals surface area contributed by atoms with Crippen molar-refractivity contribution in [2.24, 2.45) is 34.0 Å². The molecule has 0 aromatic heterocycles. The number of rotatable bonds is 4. The maximum atomic E-state index is 13.4. The van der Waals surface area contributed by atoms with Crippen molar-refractivity contribution in [2.45, 2.75) is 65.1 Å². The van der Waals surface area contributed by atoms with Gasteiger partial charge in [0.15, 0.2) is 17.7 Å². The first kappa shape index (κ1) is 22.8. The van der Waals surface area contributed by atoms with Crippen LogP contribution in [0.4, 0.5) is 0 Å². The summed E-state index contributed by atoms with van der Waals surface area (Å²) in [6, 6.07) is 0. The lowest BCUT2D eigenvalue weighted by atomic mass is 9.42. The number of aliphatic hydroxyl groups is 1. The van der Waals surface area contributed by atoms with Crippen LogP contribution in [0, 0.1) is 34.0 Å². The number of aliphatic hydroxyl groups excluding tert-OH is 1. The molecule has 1 N–H and O–H groups in total. The standard InChI is InChI=1S/C24H30O8/c1-12-15-5-6-16-23(20(13(2)26)32-21(30)24(16,9-15)19(12)29)8-7-18(28)22(4,17(23)10-25)11-31-14(3)27/h10,15-18,20,28H,1,5-9,11H2,2-4H3/t15-,16+,17-,18+,20?,22+,23-,24+/m1/s1. The molecule has 4 fully saturated rings. The number of fused-ring (bicyclic) bond motifs is 2. The summed E-state index contributed by atoms with van der Waals surface area (Å²) in [7, 11) is 0. The topological polar surface area (TPSA) is 124 Å². The molecule has 1 heterocycles. The van der Waals surface area contributed by atoms with Gasteiger partial charge in [-0.25, -0.2) is 0 Å². The minimum atomic E-state index is -1.46. The molecule has 8 nitrogen and oxygen atoms in total. The second kappa shape index (κ2) is 7.33. The van der Waals surface area contributed by atoms with Gasteiger partial charge in [0, 0.05) is 23.7 Å². The summed E-state index contributed by atoms with van der Waals surface area (Å²) in [5.74, 6) is -3.72. The highest BCUT2D eigenvalue weighted by Crippen LogP contribution is 2.69. The number of allylic oxidation sites excluding steroid dienone is 1. The van der Waals surface area contributed by atoms with E-state index in [9.17, 15) is 29.1 Å². The van der Waals surface area contributed by atoms with Gasteiger partial charge in [0.1, 0.15) is 11.7 Å². The molecular weight excluding hydrogens is 416 g/mol. The van der Waals surface area contributed by atoms with E-state index < -0.39 is 58.0 Å². The Balaban J connectivity index is 1.92. The van der Waals surface area contributed by atoms with Crippen LogP contribution in [0.2, 0.25) is 0 Å². The third kappa shape index (κ3) is 2.68. The Bertz CT molecular complexity index is 923. The number of aldehydes is 1. The molecule has 8 atom stereocenters. The van der Waals surface area contributed by atoms with Gasteiger partial charge in [-0.1, -0.05) is 13.5 Å². The molecule has 0 aromatic carbocycles. The summed E-state index contributed by atoms with van der Waals surface area (Å²) in [6.07, 6.45) is 0.322. The largest absolute Gasteiger partial charge is 0.465 e. The smallest absolute Gasteiger partial charge is 0.321 e. The molecule has 0 amide bonds. The van der Waals surface area contributed by atoms with Gasteiger partial charge in [0.2, 0.25) is 0 Å². The van der Waals surface area contributed by atoms with Crippen molar-refractivity contribution >= 4 is 29.8 Å². The summed E-state index contributed by atoms with van der Waals surface area (Å²) in [5, 5.41) is 10.9. The van der Waals surface area contributed by atoms with Crippen molar-refractivity contribution in [3.05, 3.63) is 12.2 Å². The van der Waals surface area contributed by atoms with Crippen LogP contribution in [0.5, 0.6) is 0 Å². The number of Topliss-reactive ketones (excluding diaryl/α,β-unsaturated/α-hetero) is 2. The van der Waals surface area contributed by atoms with E-state index in [0.717, 1.165) is 0 Å². The van der Waals surface area contributed by atoms with Gasteiger partial charge in [0.05, 0.1) is 12.7 Å². The third-order valence-electron chi connectivity index (χ3n) is 8.88. The van der Waals surface area contributed by atoms with E-state index in [4.69, 9.17) is 9.47 Å². The Hall–Kier alpha value is -2.35. The van der Waals surface area contributed by atoms with Crippen molar-refractivity contribution < 1.29 is 38.6 Å². The predicted molar refractivity (Wildman–Crippen MR) is 110 cm³/mol. The molecule has 32 heavy (non-hydrogen) atoms. The first-order valence-electron chi connectivity index (χ1n) is 11.2. The van der Waals surface area contributed by atoms with Gasteiger partial charge in [-0.3, -0.25) is 19.2 Å². The van der Waals surface area contributed by atoms with Crippen molar-refractivity contribution in [1.29, 1.82) is 0 Å². The van der Waals surface area contributed by atoms with E-state index in [-0.39, 0.29) is 37.6 Å². The minimum Gasteiger partial charge on any atom is -0.465 e. The molecule has 174 valence electrons. The van der Waals surface area contributed by atoms with Gasteiger partial charge in [-0.2, -0.15) is 0 Å². The van der Waals surface area contributed by atoms with E-state index in [1.54, 1.807) is 6.92 Å². The Kier molecular flexibility index (Phi) is 5.23. The lowest BCUT2D eigenvalue weighted by Crippen LogP contribution is -2.71. The number of hydrogen-bond acceptors (Lipinski definition) is 8. The minimum absolute atomic E-state index is 0.117. The fraction of sp³-hybridized carbons (Fsp3) is 0.708. The highest BCUT2D eigenvalue weighted by molar-refractivity contribution is 6.16. The van der Waals surface area contributed by atoms with E-state index in [1.807, 2.05) is 0 Å². The normalized spacial score (nSPS) is 45.2. The average molecular weight is 446 g/mol. The Morgan fingerprint density at radius 1 is 1.25 bits per heavy atom. The zero-order valence-electron chi connectivity index (χ0n) is 18.7. The molecular formula is C24H30O8. The number of esters is 2. The quantitative estimate of drug-likeness (QED) is 0.299. The molecule has 1 aliphatic heterocycles. The number of carbonyl (C=O) groups is 5. The third-order valence-corrected chi connectivity index (χ3v) is 8.88. The monoisotopic (exact) mass is 446 g/mol. The van der Waals surface area contributed by atoms with Crippen LogP contribution in [0.3, 0.4) is 0 Å². The Labute approximate surface area is 186 Å². The van der Waals surface area contributed by atoms with Crippen LogP contribution in [0.15, 0.2) is 12.2 Å². The van der Waals surface area contributed by atoms with Crippen molar-refractivity contribution in [3.8, 4) is 0 Å². The number of ether oxygens (including phenoxy) is 2. The van der Waals surface area contributed by atoms with Gasteiger partial charge in [-0.05, 0) is 56.4 Å². The van der Waals surface area contributed by atoms with Crippen LogP contribution in [-0.4, -0.2) is 53.7 Å². The summed E-state index contributed by atoms with van der Waals surface area (Å²) in [5.41, 5.74) is -3.44. The summed E-state index contributed by atoms with van der Waals surface area (Å²) in [4.78, 5) is 63.8. The molecule has 2 bridgehead atoms. The zero-order valence-corrected chi connectivity index (χ0v) is 18.7. The maximum Gasteiger partial charge on any atom is 0.321 e. The van der Waals surface area contributed by atoms with Gasteiger partial charge in [0.25, 0.3) is 0 Å². The van der Waals surface area contributed by atoms with Crippen LogP contribution in [0.25, 0.3) is 0 Å². The summed E-state index contributed by atoms with van der Waals surface area (Å²) in [6.45, 7) is 7.91. The van der Waals surface area contributed by atoms with E-state index in [2.05, 4.69) is 6.58 Å². The SMILES string of the molecule is C=C1C(=O)[C@]23C[C@H]1CC[C@H]2[C@@]1(CC[C@H](O)[C@@](C)(COC(C)=O)[C@H]1C=O)C(C(C)=O)OC3=O. The molecule has 0 aromatic rings. The molecule has 8 heteroatoms. The van der Waals surface area contributed by atoms with Gasteiger partial charge < -0.3 is 19.4 Å². The van der Waals surface area contributed by atoms with Crippen LogP contribution < -0.4 is 0 Å². The summed E-state index contributed by atoms with van der Waals surface area (Å²) >= 11 is 0. The van der Waals surface area contributed by atoms with Crippen molar-refractivity contribution in [1.82, 2.24) is 0 Å². The number of ketones is 2. The van der Waals surface area contributed by atoms with E-state index in [1.165, 1.54) is 13.8 Å². The molecule has 3 aliphatic carbocycles. The van der Waals surface area contributed by atoms with Gasteiger partial charge in [-0.15, -0.1) is 0 Å². The number of carbonyl (C=O) groups excluding carboxylic acids is 5. The molecule has 3 saturated carbocycles. The Morgan fingerprint density at radius 3 is 2.53 bits per heavy atom. The first-order chi connectivity index (χ1) is 15.0. The van der Waals surface area contributed by atoms with Gasteiger partial charge >= 0.3 is 11.9 Å². The first-order valence-corrected chi connectivity index (χ1v) is 11.2. The second-order valence-electron chi connectivity index (χ2n) is 10.3. The maximum absolute atomic E-state index is 13.4. The molecule has 1 unspecified atom stereocenters. The molecule has 1 saturated heterocycles. The van der Waals surface area contributed by atoms with E-state index >= 15 is 0 Å². The average Bonchev–Trinajstić information content (AvgIpc) is 2.93.